The maximum Gasteiger partial charge on any atom is 0.126 e. The summed E-state index contributed by atoms with van der Waals surface area (Å²) in [5, 5.41) is 0. The molecule has 0 bridgehead atoms. The Kier molecular flexibility index (Phi) is 3.95. The molecular formula is C15H16FNO. The van der Waals surface area contributed by atoms with Gasteiger partial charge in [0.05, 0.1) is 6.04 Å². The van der Waals surface area contributed by atoms with Gasteiger partial charge in [0, 0.05) is 0 Å². The van der Waals surface area contributed by atoms with Crippen LogP contribution in [0.15, 0.2) is 48.5 Å². The van der Waals surface area contributed by atoms with Crippen LogP contribution in [0.2, 0.25) is 0 Å². The van der Waals surface area contributed by atoms with Crippen LogP contribution in [-0.2, 0) is 0 Å². The first kappa shape index (κ1) is 12.6. The van der Waals surface area contributed by atoms with Crippen molar-refractivity contribution in [3.8, 4) is 5.75 Å². The fourth-order valence-corrected chi connectivity index (χ4v) is 1.69. The predicted octanol–water partition coefficient (Wildman–Crippen LogP) is 3.21. The fraction of sp³-hybridized carbons (Fsp3) is 0.200. The Morgan fingerprint density at radius 3 is 2.56 bits per heavy atom. The van der Waals surface area contributed by atoms with E-state index in [0.717, 1.165) is 5.56 Å². The van der Waals surface area contributed by atoms with E-state index in [4.69, 9.17) is 10.5 Å². The molecule has 0 saturated carbocycles. The first-order valence-electron chi connectivity index (χ1n) is 5.86. The van der Waals surface area contributed by atoms with Crippen molar-refractivity contribution in [2.75, 3.05) is 6.61 Å². The number of nitrogens with two attached hydrogens (primary N) is 1. The quantitative estimate of drug-likeness (QED) is 0.897. The van der Waals surface area contributed by atoms with Crippen LogP contribution in [0, 0.1) is 12.7 Å². The molecule has 2 nitrogen and oxygen atoms in total. The van der Waals surface area contributed by atoms with Crippen LogP contribution >= 0.6 is 0 Å². The number of hydrogen-bond donors (Lipinski definition) is 1. The van der Waals surface area contributed by atoms with Gasteiger partial charge in [-0.1, -0.05) is 30.3 Å². The van der Waals surface area contributed by atoms with E-state index >= 15 is 0 Å². The largest absolute Gasteiger partial charge is 0.492 e. The van der Waals surface area contributed by atoms with E-state index in [1.165, 1.54) is 6.07 Å². The molecule has 2 aromatic rings. The molecule has 2 aromatic carbocycles. The zero-order chi connectivity index (χ0) is 13.0. The average Bonchev–Trinajstić information content (AvgIpc) is 2.41. The average molecular weight is 245 g/mol. The molecule has 1 unspecified atom stereocenters. The second-order valence-electron chi connectivity index (χ2n) is 4.24. The van der Waals surface area contributed by atoms with E-state index < -0.39 is 0 Å². The summed E-state index contributed by atoms with van der Waals surface area (Å²) in [5.74, 6) is 0.412. The molecule has 2 rings (SSSR count). The van der Waals surface area contributed by atoms with Crippen LogP contribution < -0.4 is 10.5 Å². The summed E-state index contributed by atoms with van der Waals surface area (Å²) in [7, 11) is 0. The standard InChI is InChI=1S/C15H16FNO/c1-11-9-13(7-8-14(11)16)18-10-15(17)12-5-3-2-4-6-12/h2-9,15H,10,17H2,1H3. The zero-order valence-corrected chi connectivity index (χ0v) is 10.3. The molecule has 1 atom stereocenters. The SMILES string of the molecule is Cc1cc(OCC(N)c2ccccc2)ccc1F. The van der Waals surface area contributed by atoms with E-state index in [2.05, 4.69) is 0 Å². The van der Waals surface area contributed by atoms with Crippen molar-refractivity contribution in [3.63, 3.8) is 0 Å². The number of rotatable bonds is 4. The molecule has 0 heterocycles. The maximum absolute atomic E-state index is 13.1. The van der Waals surface area contributed by atoms with Crippen LogP contribution in [0.3, 0.4) is 0 Å². The normalized spacial score (nSPS) is 12.2. The van der Waals surface area contributed by atoms with Crippen molar-refractivity contribution in [2.24, 2.45) is 5.73 Å². The number of hydrogen-bond acceptors (Lipinski definition) is 2. The van der Waals surface area contributed by atoms with Gasteiger partial charge >= 0.3 is 0 Å². The van der Waals surface area contributed by atoms with Crippen LogP contribution in [0.4, 0.5) is 4.39 Å². The number of aryl methyl sites for hydroxylation is 1. The zero-order valence-electron chi connectivity index (χ0n) is 10.3. The Labute approximate surface area is 106 Å². The molecule has 0 aliphatic carbocycles. The van der Waals surface area contributed by atoms with Gasteiger partial charge in [-0.15, -0.1) is 0 Å². The summed E-state index contributed by atoms with van der Waals surface area (Å²) < 4.78 is 18.6. The van der Waals surface area contributed by atoms with Gasteiger partial charge in [-0.25, -0.2) is 4.39 Å². The predicted molar refractivity (Wildman–Crippen MR) is 70.0 cm³/mol. The number of halogens is 1. The van der Waals surface area contributed by atoms with Gasteiger partial charge < -0.3 is 10.5 Å². The molecule has 3 heteroatoms. The maximum atomic E-state index is 13.1. The molecule has 2 N–H and O–H groups in total. The van der Waals surface area contributed by atoms with Gasteiger partial charge in [0.2, 0.25) is 0 Å². The molecule has 0 saturated heterocycles. The molecule has 94 valence electrons. The smallest absolute Gasteiger partial charge is 0.126 e. The summed E-state index contributed by atoms with van der Waals surface area (Å²) in [6.07, 6.45) is 0. The Hall–Kier alpha value is -1.87. The molecule has 0 radical (unpaired) electrons. The third-order valence-electron chi connectivity index (χ3n) is 2.79. The van der Waals surface area contributed by atoms with E-state index in [0.29, 0.717) is 17.9 Å². The monoisotopic (exact) mass is 245 g/mol. The van der Waals surface area contributed by atoms with Crippen LogP contribution in [0.1, 0.15) is 17.2 Å². The minimum absolute atomic E-state index is 0.184. The van der Waals surface area contributed by atoms with Gasteiger partial charge in [-0.2, -0.15) is 0 Å². The van der Waals surface area contributed by atoms with Gasteiger partial charge in [-0.3, -0.25) is 0 Å². The topological polar surface area (TPSA) is 35.2 Å². The summed E-state index contributed by atoms with van der Waals surface area (Å²) in [5.41, 5.74) is 7.61. The molecule has 0 amide bonds. The van der Waals surface area contributed by atoms with Crippen molar-refractivity contribution < 1.29 is 9.13 Å². The third kappa shape index (κ3) is 3.08. The van der Waals surface area contributed by atoms with Gasteiger partial charge in [0.1, 0.15) is 18.2 Å². The van der Waals surface area contributed by atoms with Crippen molar-refractivity contribution in [3.05, 3.63) is 65.5 Å². The highest BCUT2D eigenvalue weighted by Gasteiger charge is 2.07. The van der Waals surface area contributed by atoms with E-state index in [1.54, 1.807) is 19.1 Å². The van der Waals surface area contributed by atoms with Crippen molar-refractivity contribution in [2.45, 2.75) is 13.0 Å². The van der Waals surface area contributed by atoms with Gasteiger partial charge in [0.25, 0.3) is 0 Å². The van der Waals surface area contributed by atoms with E-state index in [1.807, 2.05) is 30.3 Å². The summed E-state index contributed by atoms with van der Waals surface area (Å²) in [4.78, 5) is 0. The Morgan fingerprint density at radius 1 is 1.17 bits per heavy atom. The Balaban J connectivity index is 1.97. The Morgan fingerprint density at radius 2 is 1.89 bits per heavy atom. The van der Waals surface area contributed by atoms with Crippen LogP contribution in [0.25, 0.3) is 0 Å². The second kappa shape index (κ2) is 5.65. The molecule has 18 heavy (non-hydrogen) atoms. The lowest BCUT2D eigenvalue weighted by Gasteiger charge is -2.14. The number of ether oxygens (including phenoxy) is 1. The lowest BCUT2D eigenvalue weighted by molar-refractivity contribution is 0.290. The van der Waals surface area contributed by atoms with Crippen molar-refractivity contribution in [1.29, 1.82) is 0 Å². The first-order valence-corrected chi connectivity index (χ1v) is 5.86. The summed E-state index contributed by atoms with van der Waals surface area (Å²) in [6.45, 7) is 2.08. The molecule has 0 aromatic heterocycles. The van der Waals surface area contributed by atoms with E-state index in [-0.39, 0.29) is 11.9 Å². The second-order valence-corrected chi connectivity index (χ2v) is 4.24. The molecule has 0 aliphatic heterocycles. The highest BCUT2D eigenvalue weighted by molar-refractivity contribution is 5.29. The molecule has 0 fully saturated rings. The summed E-state index contributed by atoms with van der Waals surface area (Å²) >= 11 is 0. The van der Waals surface area contributed by atoms with Gasteiger partial charge in [-0.05, 0) is 36.2 Å². The lowest BCUT2D eigenvalue weighted by atomic mass is 10.1. The van der Waals surface area contributed by atoms with Gasteiger partial charge in [0.15, 0.2) is 0 Å². The molecular weight excluding hydrogens is 229 g/mol. The summed E-state index contributed by atoms with van der Waals surface area (Å²) in [6, 6.07) is 14.3. The van der Waals surface area contributed by atoms with Crippen molar-refractivity contribution in [1.82, 2.24) is 0 Å². The number of benzene rings is 2. The van der Waals surface area contributed by atoms with E-state index in [9.17, 15) is 4.39 Å². The minimum atomic E-state index is -0.227. The molecule has 0 aliphatic rings. The van der Waals surface area contributed by atoms with Crippen LogP contribution in [-0.4, -0.2) is 6.61 Å². The highest BCUT2D eigenvalue weighted by Crippen LogP contribution is 2.18. The fourth-order valence-electron chi connectivity index (χ4n) is 1.69. The van der Waals surface area contributed by atoms with Crippen molar-refractivity contribution >= 4 is 0 Å². The first-order chi connectivity index (χ1) is 8.66. The third-order valence-corrected chi connectivity index (χ3v) is 2.79. The minimum Gasteiger partial charge on any atom is -0.492 e. The Bertz CT molecular complexity index is 513. The highest BCUT2D eigenvalue weighted by atomic mass is 19.1. The lowest BCUT2D eigenvalue weighted by Crippen LogP contribution is -2.18. The van der Waals surface area contributed by atoms with Crippen LogP contribution in [0.5, 0.6) is 5.75 Å². The molecule has 0 spiro atoms.